The van der Waals surface area contributed by atoms with Gasteiger partial charge in [0.05, 0.1) is 0 Å². The molecule has 90 valence electrons. The summed E-state index contributed by atoms with van der Waals surface area (Å²) in [6.45, 7) is 0. The number of aryl methyl sites for hydroxylation is 1. The van der Waals surface area contributed by atoms with Gasteiger partial charge in [-0.15, -0.1) is 0 Å². The Morgan fingerprint density at radius 2 is 2.12 bits per heavy atom. The molecule has 0 aliphatic rings. The van der Waals surface area contributed by atoms with E-state index in [9.17, 15) is 13.2 Å². The molecule has 0 amide bonds. The maximum absolute atomic E-state index is 11.8. The Balaban J connectivity index is 2.31. The average molecular weight is 254 g/mol. The van der Waals surface area contributed by atoms with Gasteiger partial charge in [0.2, 0.25) is 5.56 Å². The summed E-state index contributed by atoms with van der Waals surface area (Å²) in [5, 5.41) is 3.89. The van der Waals surface area contributed by atoms with Crippen molar-refractivity contribution < 1.29 is 8.42 Å². The first-order valence-corrected chi connectivity index (χ1v) is 6.17. The molecule has 0 saturated heterocycles. The second kappa shape index (κ2) is 4.06. The first kappa shape index (κ1) is 11.4. The monoisotopic (exact) mass is 254 g/mol. The van der Waals surface area contributed by atoms with Crippen LogP contribution in [0.2, 0.25) is 0 Å². The summed E-state index contributed by atoms with van der Waals surface area (Å²) in [6, 6.07) is 3.90. The number of aromatic nitrogens is 3. The molecule has 0 radical (unpaired) electrons. The fraction of sp³-hybridized carbons (Fsp3) is 0.111. The molecule has 0 aliphatic carbocycles. The number of H-pyrrole nitrogens is 1. The van der Waals surface area contributed by atoms with Crippen LogP contribution in [0, 0.1) is 0 Å². The molecule has 0 spiro atoms. The van der Waals surface area contributed by atoms with Crippen LogP contribution in [0.25, 0.3) is 0 Å². The van der Waals surface area contributed by atoms with Crippen LogP contribution in [-0.4, -0.2) is 23.2 Å². The van der Waals surface area contributed by atoms with Crippen LogP contribution in [0.3, 0.4) is 0 Å². The van der Waals surface area contributed by atoms with E-state index >= 15 is 0 Å². The van der Waals surface area contributed by atoms with E-state index in [4.69, 9.17) is 0 Å². The van der Waals surface area contributed by atoms with Crippen LogP contribution in [0.15, 0.2) is 40.3 Å². The van der Waals surface area contributed by atoms with Crippen molar-refractivity contribution in [3.8, 4) is 0 Å². The summed E-state index contributed by atoms with van der Waals surface area (Å²) in [4.78, 5) is 13.1. The van der Waals surface area contributed by atoms with E-state index in [0.717, 1.165) is 12.3 Å². The Morgan fingerprint density at radius 1 is 1.35 bits per heavy atom. The van der Waals surface area contributed by atoms with Crippen molar-refractivity contribution in [2.75, 3.05) is 4.72 Å². The third-order valence-corrected chi connectivity index (χ3v) is 3.37. The number of nitrogens with one attached hydrogen (secondary N) is 2. The molecule has 2 aromatic rings. The number of nitrogens with zero attached hydrogens (tertiary/aromatic N) is 2. The van der Waals surface area contributed by atoms with Crippen LogP contribution in [0.1, 0.15) is 0 Å². The summed E-state index contributed by atoms with van der Waals surface area (Å²) in [5.41, 5.74) is -0.359. The van der Waals surface area contributed by atoms with Gasteiger partial charge in [0.15, 0.2) is 5.82 Å². The lowest BCUT2D eigenvalue weighted by atomic mass is 10.5. The lowest BCUT2D eigenvalue weighted by molar-refractivity contribution is 0.600. The van der Waals surface area contributed by atoms with Crippen molar-refractivity contribution in [1.29, 1.82) is 0 Å². The smallest absolute Gasteiger partial charge is 0.264 e. The van der Waals surface area contributed by atoms with Gasteiger partial charge >= 0.3 is 0 Å². The number of hydrogen-bond donors (Lipinski definition) is 2. The molecule has 0 fully saturated rings. The van der Waals surface area contributed by atoms with E-state index < -0.39 is 10.0 Å². The average Bonchev–Trinajstić information content (AvgIpc) is 2.63. The standard InChI is InChI=1S/C9H10N4O3S/c1-13-5-4-8(11-13)12-17(15,16)7-2-3-9(14)10-6-7/h2-6H,1H3,(H,10,14)(H,11,12). The summed E-state index contributed by atoms with van der Waals surface area (Å²) in [6.07, 6.45) is 2.75. The molecule has 2 heterocycles. The summed E-state index contributed by atoms with van der Waals surface area (Å²) >= 11 is 0. The van der Waals surface area contributed by atoms with Gasteiger partial charge in [0.1, 0.15) is 4.90 Å². The largest absolute Gasteiger partial charge is 0.328 e. The second-order valence-corrected chi connectivity index (χ2v) is 5.05. The Hall–Kier alpha value is -2.09. The van der Waals surface area contributed by atoms with Gasteiger partial charge < -0.3 is 4.98 Å². The fourth-order valence-electron chi connectivity index (χ4n) is 1.23. The molecule has 0 bridgehead atoms. The van der Waals surface area contributed by atoms with Crippen molar-refractivity contribution in [2.45, 2.75) is 4.90 Å². The first-order valence-electron chi connectivity index (χ1n) is 4.68. The minimum absolute atomic E-state index is 0.0252. The number of anilines is 1. The van der Waals surface area contributed by atoms with E-state index in [1.165, 1.54) is 16.8 Å². The van der Waals surface area contributed by atoms with Gasteiger partial charge in [-0.05, 0) is 6.07 Å². The molecule has 8 heteroatoms. The first-order chi connectivity index (χ1) is 7.97. The van der Waals surface area contributed by atoms with Crippen molar-refractivity contribution in [3.63, 3.8) is 0 Å². The number of sulfonamides is 1. The van der Waals surface area contributed by atoms with Crippen LogP contribution >= 0.6 is 0 Å². The minimum atomic E-state index is -3.71. The van der Waals surface area contributed by atoms with Crippen LogP contribution in [0.5, 0.6) is 0 Å². The lowest BCUT2D eigenvalue weighted by Crippen LogP contribution is -2.15. The van der Waals surface area contributed by atoms with E-state index in [0.29, 0.717) is 0 Å². The second-order valence-electron chi connectivity index (χ2n) is 3.37. The third-order valence-electron chi connectivity index (χ3n) is 2.02. The highest BCUT2D eigenvalue weighted by Crippen LogP contribution is 2.11. The number of pyridine rings is 1. The molecule has 17 heavy (non-hydrogen) atoms. The molecule has 2 N–H and O–H groups in total. The third kappa shape index (κ3) is 2.53. The minimum Gasteiger partial charge on any atom is -0.328 e. The lowest BCUT2D eigenvalue weighted by Gasteiger charge is -2.04. The van der Waals surface area contributed by atoms with Gasteiger partial charge in [-0.25, -0.2) is 8.42 Å². The van der Waals surface area contributed by atoms with Crippen molar-refractivity contribution in [2.24, 2.45) is 7.05 Å². The van der Waals surface area contributed by atoms with E-state index in [1.807, 2.05) is 0 Å². The predicted molar refractivity (Wildman–Crippen MR) is 61.1 cm³/mol. The van der Waals surface area contributed by atoms with Crippen molar-refractivity contribution in [1.82, 2.24) is 14.8 Å². The molecular formula is C9H10N4O3S. The zero-order valence-electron chi connectivity index (χ0n) is 8.91. The van der Waals surface area contributed by atoms with Gasteiger partial charge in [0.25, 0.3) is 10.0 Å². The fourth-order valence-corrected chi connectivity index (χ4v) is 2.19. The molecule has 2 aromatic heterocycles. The zero-order chi connectivity index (χ0) is 12.5. The summed E-state index contributed by atoms with van der Waals surface area (Å²) < 4.78 is 27.4. The molecule has 0 aliphatic heterocycles. The van der Waals surface area contributed by atoms with Gasteiger partial charge in [-0.3, -0.25) is 14.2 Å². The molecular weight excluding hydrogens is 244 g/mol. The maximum atomic E-state index is 11.8. The number of rotatable bonds is 3. The maximum Gasteiger partial charge on any atom is 0.264 e. The highest BCUT2D eigenvalue weighted by atomic mass is 32.2. The molecule has 0 aromatic carbocycles. The van der Waals surface area contributed by atoms with Crippen LogP contribution < -0.4 is 10.3 Å². The number of hydrogen-bond acceptors (Lipinski definition) is 4. The van der Waals surface area contributed by atoms with E-state index in [1.54, 1.807) is 13.2 Å². The highest BCUT2D eigenvalue weighted by molar-refractivity contribution is 7.92. The highest BCUT2D eigenvalue weighted by Gasteiger charge is 2.15. The molecule has 7 nitrogen and oxygen atoms in total. The molecule has 0 atom stereocenters. The zero-order valence-corrected chi connectivity index (χ0v) is 9.73. The Morgan fingerprint density at radius 3 is 2.65 bits per heavy atom. The molecule has 0 saturated carbocycles. The molecule has 0 unspecified atom stereocenters. The molecule has 2 rings (SSSR count). The normalized spacial score (nSPS) is 11.4. The summed E-state index contributed by atoms with van der Waals surface area (Å²) in [7, 11) is -2.03. The van der Waals surface area contributed by atoms with Crippen LogP contribution in [-0.2, 0) is 17.1 Å². The quantitative estimate of drug-likeness (QED) is 0.799. The van der Waals surface area contributed by atoms with Crippen LogP contribution in [0.4, 0.5) is 5.82 Å². The van der Waals surface area contributed by atoms with E-state index in [-0.39, 0.29) is 16.3 Å². The topological polar surface area (TPSA) is 96.9 Å². The summed E-state index contributed by atoms with van der Waals surface area (Å²) in [5.74, 6) is 0.221. The van der Waals surface area contributed by atoms with E-state index in [2.05, 4.69) is 14.8 Å². The van der Waals surface area contributed by atoms with Crippen molar-refractivity contribution >= 4 is 15.8 Å². The SMILES string of the molecule is Cn1ccc(NS(=O)(=O)c2ccc(=O)[nH]c2)n1. The Bertz CT molecular complexity index is 666. The van der Waals surface area contributed by atoms with Crippen molar-refractivity contribution in [3.05, 3.63) is 40.9 Å². The predicted octanol–water partition coefficient (Wildman–Crippen LogP) is -0.0908. The van der Waals surface area contributed by atoms with Gasteiger partial charge in [-0.1, -0.05) is 0 Å². The Kier molecular flexibility index (Phi) is 2.72. The van der Waals surface area contributed by atoms with Gasteiger partial charge in [0, 0.05) is 31.6 Å². The number of aromatic amines is 1. The van der Waals surface area contributed by atoms with Gasteiger partial charge in [-0.2, -0.15) is 5.10 Å². The Labute approximate surface area is 97.2 Å².